The third-order valence-electron chi connectivity index (χ3n) is 2.13. The molecule has 1 aromatic carbocycles. The van der Waals surface area contributed by atoms with E-state index < -0.39 is 0 Å². The van der Waals surface area contributed by atoms with Crippen molar-refractivity contribution < 1.29 is 9.42 Å². The molecule has 15 heavy (non-hydrogen) atoms. The summed E-state index contributed by atoms with van der Waals surface area (Å²) < 4.78 is 4.37. The zero-order chi connectivity index (χ0) is 10.5. The van der Waals surface area contributed by atoms with E-state index in [9.17, 15) is 4.79 Å². The van der Waals surface area contributed by atoms with Crippen molar-refractivity contribution in [2.24, 2.45) is 0 Å². The molecule has 0 unspecified atom stereocenters. The zero-order valence-corrected chi connectivity index (χ0v) is 8.09. The standard InChI is InChI=1S/C11H10N2O2/c14-11(10-8-12-15-13-10)7-6-9-4-2-1-3-5-9/h1-5,8H,6-7H2. The molecule has 0 atom stereocenters. The van der Waals surface area contributed by atoms with E-state index in [1.807, 2.05) is 30.3 Å². The second-order valence-electron chi connectivity index (χ2n) is 3.20. The molecule has 0 saturated carbocycles. The van der Waals surface area contributed by atoms with E-state index in [1.165, 1.54) is 6.20 Å². The fourth-order valence-electron chi connectivity index (χ4n) is 1.32. The Morgan fingerprint density at radius 1 is 1.27 bits per heavy atom. The molecule has 0 spiro atoms. The van der Waals surface area contributed by atoms with Crippen LogP contribution in [0.15, 0.2) is 41.2 Å². The van der Waals surface area contributed by atoms with E-state index in [2.05, 4.69) is 14.9 Å². The lowest BCUT2D eigenvalue weighted by Crippen LogP contribution is -2.01. The van der Waals surface area contributed by atoms with E-state index in [0.29, 0.717) is 18.5 Å². The first-order chi connectivity index (χ1) is 7.36. The van der Waals surface area contributed by atoms with Gasteiger partial charge in [-0.1, -0.05) is 35.5 Å². The number of carbonyl (C=O) groups excluding carboxylic acids is 1. The minimum Gasteiger partial charge on any atom is -0.292 e. The molecule has 4 nitrogen and oxygen atoms in total. The minimum atomic E-state index is -0.0416. The molecule has 0 aliphatic carbocycles. The lowest BCUT2D eigenvalue weighted by Gasteiger charge is -1.97. The van der Waals surface area contributed by atoms with E-state index >= 15 is 0 Å². The first kappa shape index (κ1) is 9.58. The summed E-state index contributed by atoms with van der Waals surface area (Å²) in [5, 5.41) is 6.88. The number of hydrogen-bond donors (Lipinski definition) is 0. The molecule has 1 heterocycles. The second kappa shape index (κ2) is 4.50. The van der Waals surface area contributed by atoms with Gasteiger partial charge in [-0.05, 0) is 17.1 Å². The topological polar surface area (TPSA) is 56.0 Å². The van der Waals surface area contributed by atoms with Crippen molar-refractivity contribution in [3.8, 4) is 0 Å². The molecule has 0 amide bonds. The van der Waals surface area contributed by atoms with Crippen LogP contribution in [0.5, 0.6) is 0 Å². The quantitative estimate of drug-likeness (QED) is 0.710. The Morgan fingerprint density at radius 2 is 2.07 bits per heavy atom. The molecule has 76 valence electrons. The van der Waals surface area contributed by atoms with Gasteiger partial charge in [-0.2, -0.15) is 0 Å². The van der Waals surface area contributed by atoms with Gasteiger partial charge in [-0.25, -0.2) is 4.63 Å². The van der Waals surface area contributed by atoms with Gasteiger partial charge in [-0.3, -0.25) is 4.79 Å². The fourth-order valence-corrected chi connectivity index (χ4v) is 1.32. The number of rotatable bonds is 4. The Labute approximate surface area is 86.9 Å². The largest absolute Gasteiger partial charge is 0.292 e. The van der Waals surface area contributed by atoms with Gasteiger partial charge in [0.2, 0.25) is 0 Å². The molecule has 2 aromatic rings. The maximum atomic E-state index is 11.5. The van der Waals surface area contributed by atoms with Gasteiger partial charge < -0.3 is 0 Å². The Bertz CT molecular complexity index is 423. The number of carbonyl (C=O) groups is 1. The number of hydrogen-bond acceptors (Lipinski definition) is 4. The average Bonchev–Trinajstić information content (AvgIpc) is 2.81. The van der Waals surface area contributed by atoms with Crippen LogP contribution < -0.4 is 0 Å². The second-order valence-corrected chi connectivity index (χ2v) is 3.20. The highest BCUT2D eigenvalue weighted by molar-refractivity contribution is 5.93. The first-order valence-electron chi connectivity index (χ1n) is 4.71. The summed E-state index contributed by atoms with van der Waals surface area (Å²) >= 11 is 0. The van der Waals surface area contributed by atoms with Crippen molar-refractivity contribution in [3.63, 3.8) is 0 Å². The Hall–Kier alpha value is -1.97. The van der Waals surface area contributed by atoms with Crippen LogP contribution in [0.2, 0.25) is 0 Å². The van der Waals surface area contributed by atoms with Crippen LogP contribution in [0.4, 0.5) is 0 Å². The highest BCUT2D eigenvalue weighted by Crippen LogP contribution is 2.05. The highest BCUT2D eigenvalue weighted by Gasteiger charge is 2.09. The normalized spacial score (nSPS) is 10.1. The molecule has 0 saturated heterocycles. The number of nitrogens with zero attached hydrogens (tertiary/aromatic N) is 2. The number of aryl methyl sites for hydroxylation is 1. The fraction of sp³-hybridized carbons (Fsp3) is 0.182. The van der Waals surface area contributed by atoms with Crippen LogP contribution in [0.1, 0.15) is 22.5 Å². The van der Waals surface area contributed by atoms with E-state index in [0.717, 1.165) is 5.56 Å². The molecular formula is C11H10N2O2. The van der Waals surface area contributed by atoms with Gasteiger partial charge in [-0.15, -0.1) is 0 Å². The van der Waals surface area contributed by atoms with Gasteiger partial charge >= 0.3 is 0 Å². The molecule has 2 rings (SSSR count). The molecule has 0 aliphatic rings. The highest BCUT2D eigenvalue weighted by atomic mass is 16.6. The Balaban J connectivity index is 1.92. The van der Waals surface area contributed by atoms with Crippen LogP contribution >= 0.6 is 0 Å². The van der Waals surface area contributed by atoms with Crippen LogP contribution in [-0.4, -0.2) is 16.1 Å². The van der Waals surface area contributed by atoms with Gasteiger partial charge in [0.1, 0.15) is 6.20 Å². The molecule has 0 radical (unpaired) electrons. The van der Waals surface area contributed by atoms with Gasteiger partial charge in [0, 0.05) is 6.42 Å². The summed E-state index contributed by atoms with van der Waals surface area (Å²) in [4.78, 5) is 11.5. The summed E-state index contributed by atoms with van der Waals surface area (Å²) in [6.07, 6.45) is 2.48. The first-order valence-corrected chi connectivity index (χ1v) is 4.71. The summed E-state index contributed by atoms with van der Waals surface area (Å²) in [6.45, 7) is 0. The van der Waals surface area contributed by atoms with Crippen LogP contribution in [0.25, 0.3) is 0 Å². The number of aromatic nitrogens is 2. The van der Waals surface area contributed by atoms with Gasteiger partial charge in [0.05, 0.1) is 0 Å². The van der Waals surface area contributed by atoms with Crippen molar-refractivity contribution in [3.05, 3.63) is 47.8 Å². The summed E-state index contributed by atoms with van der Waals surface area (Å²) in [5.74, 6) is -0.0416. The summed E-state index contributed by atoms with van der Waals surface area (Å²) in [5.41, 5.74) is 1.44. The van der Waals surface area contributed by atoms with Crippen LogP contribution in [0.3, 0.4) is 0 Å². The molecular weight excluding hydrogens is 192 g/mol. The zero-order valence-electron chi connectivity index (χ0n) is 8.09. The molecule has 4 heteroatoms. The molecule has 0 aliphatic heterocycles. The molecule has 0 bridgehead atoms. The third kappa shape index (κ3) is 2.49. The predicted octanol–water partition coefficient (Wildman–Crippen LogP) is 1.89. The van der Waals surface area contributed by atoms with E-state index in [4.69, 9.17) is 0 Å². The van der Waals surface area contributed by atoms with E-state index in [-0.39, 0.29) is 5.78 Å². The Kier molecular flexibility index (Phi) is 2.88. The van der Waals surface area contributed by atoms with Gasteiger partial charge in [0.25, 0.3) is 0 Å². The smallest absolute Gasteiger partial charge is 0.186 e. The van der Waals surface area contributed by atoms with Crippen molar-refractivity contribution >= 4 is 5.78 Å². The number of ketones is 1. The number of benzene rings is 1. The minimum absolute atomic E-state index is 0.0416. The lowest BCUT2D eigenvalue weighted by molar-refractivity contribution is 0.0973. The van der Waals surface area contributed by atoms with Crippen LogP contribution in [-0.2, 0) is 6.42 Å². The molecule has 1 aromatic heterocycles. The predicted molar refractivity (Wildman–Crippen MR) is 53.4 cm³/mol. The van der Waals surface area contributed by atoms with Crippen molar-refractivity contribution in [2.45, 2.75) is 12.8 Å². The van der Waals surface area contributed by atoms with Crippen molar-refractivity contribution in [1.29, 1.82) is 0 Å². The maximum absolute atomic E-state index is 11.5. The average molecular weight is 202 g/mol. The maximum Gasteiger partial charge on any atom is 0.186 e. The lowest BCUT2D eigenvalue weighted by atomic mass is 10.1. The SMILES string of the molecule is O=C(CCc1ccccc1)c1cnon1. The monoisotopic (exact) mass is 202 g/mol. The third-order valence-corrected chi connectivity index (χ3v) is 2.13. The number of Topliss-reactive ketones (excluding diaryl/α,β-unsaturated/α-hetero) is 1. The van der Waals surface area contributed by atoms with Crippen molar-refractivity contribution in [2.75, 3.05) is 0 Å². The van der Waals surface area contributed by atoms with Crippen molar-refractivity contribution in [1.82, 2.24) is 10.3 Å². The molecule has 0 fully saturated rings. The molecule has 0 N–H and O–H groups in total. The Morgan fingerprint density at radius 3 is 2.73 bits per heavy atom. The summed E-state index contributed by atoms with van der Waals surface area (Å²) in [6, 6.07) is 9.85. The van der Waals surface area contributed by atoms with E-state index in [1.54, 1.807) is 0 Å². The van der Waals surface area contributed by atoms with Crippen LogP contribution in [0, 0.1) is 0 Å². The summed E-state index contributed by atoms with van der Waals surface area (Å²) in [7, 11) is 0. The van der Waals surface area contributed by atoms with Gasteiger partial charge in [0.15, 0.2) is 11.5 Å².